The lowest BCUT2D eigenvalue weighted by Gasteiger charge is -2.37. The Morgan fingerprint density at radius 2 is 1.78 bits per heavy atom. The predicted octanol–water partition coefficient (Wildman–Crippen LogP) is 3.28. The van der Waals surface area contributed by atoms with Crippen LogP contribution in [0, 0.1) is 5.82 Å². The molecule has 0 aliphatic carbocycles. The fourth-order valence-electron chi connectivity index (χ4n) is 4.41. The third kappa shape index (κ3) is 4.74. The number of nitrogens with zero attached hydrogens (tertiary/aromatic N) is 5. The zero-order valence-electron chi connectivity index (χ0n) is 19.6. The molecule has 2 aromatic heterocycles. The molecule has 0 saturated carbocycles. The van der Waals surface area contributed by atoms with Crippen molar-refractivity contribution in [1.82, 2.24) is 19.4 Å². The molecule has 186 valence electrons. The van der Waals surface area contributed by atoms with E-state index in [1.165, 1.54) is 30.7 Å². The Balaban J connectivity index is 1.22. The maximum absolute atomic E-state index is 13.7. The Labute approximate surface area is 208 Å². The summed E-state index contributed by atoms with van der Waals surface area (Å²) in [6, 6.07) is 14.1. The number of sulfonamides is 1. The first-order valence-electron chi connectivity index (χ1n) is 11.5. The van der Waals surface area contributed by atoms with Crippen LogP contribution in [0.5, 0.6) is 0 Å². The molecule has 1 amide bonds. The Morgan fingerprint density at radius 3 is 2.47 bits per heavy atom. The summed E-state index contributed by atoms with van der Waals surface area (Å²) in [6.07, 6.45) is 4.55. The van der Waals surface area contributed by atoms with Crippen molar-refractivity contribution < 1.29 is 17.6 Å². The van der Waals surface area contributed by atoms with E-state index in [4.69, 9.17) is 0 Å². The van der Waals surface area contributed by atoms with Crippen LogP contribution in [0.15, 0.2) is 78.2 Å². The molecule has 1 fully saturated rings. The summed E-state index contributed by atoms with van der Waals surface area (Å²) in [5, 5.41) is 0.888. The number of carbonyl (C=O) groups is 1. The van der Waals surface area contributed by atoms with Crippen LogP contribution in [-0.2, 0) is 14.8 Å². The van der Waals surface area contributed by atoms with Crippen LogP contribution < -0.4 is 9.62 Å². The normalized spacial score (nSPS) is 15.2. The van der Waals surface area contributed by atoms with Crippen molar-refractivity contribution >= 4 is 38.3 Å². The van der Waals surface area contributed by atoms with Crippen LogP contribution in [0.25, 0.3) is 10.9 Å². The molecule has 1 atom stereocenters. The van der Waals surface area contributed by atoms with Crippen molar-refractivity contribution in [2.24, 2.45) is 0 Å². The predicted molar refractivity (Wildman–Crippen MR) is 135 cm³/mol. The number of halogens is 1. The minimum Gasteiger partial charge on any atom is -0.368 e. The molecule has 3 heterocycles. The Morgan fingerprint density at radius 1 is 1.03 bits per heavy atom. The van der Waals surface area contributed by atoms with Crippen LogP contribution >= 0.6 is 0 Å². The minimum absolute atomic E-state index is 0.0198. The Bertz CT molecular complexity index is 1480. The summed E-state index contributed by atoms with van der Waals surface area (Å²) in [5.41, 5.74) is 1.57. The molecule has 0 spiro atoms. The van der Waals surface area contributed by atoms with Crippen molar-refractivity contribution in [2.45, 2.75) is 17.9 Å². The summed E-state index contributed by atoms with van der Waals surface area (Å²) in [5.74, 6) is -0.157. The summed E-state index contributed by atoms with van der Waals surface area (Å²) < 4.78 is 43.2. The zero-order valence-corrected chi connectivity index (χ0v) is 20.4. The monoisotopic (exact) mass is 508 g/mol. The van der Waals surface area contributed by atoms with Crippen LogP contribution in [0.1, 0.15) is 13.0 Å². The number of anilines is 2. The molecule has 4 aromatic rings. The van der Waals surface area contributed by atoms with Crippen LogP contribution in [-0.4, -0.2) is 59.9 Å². The van der Waals surface area contributed by atoms with Gasteiger partial charge in [-0.1, -0.05) is 0 Å². The highest BCUT2D eigenvalue weighted by molar-refractivity contribution is 7.92. The highest BCUT2D eigenvalue weighted by Crippen LogP contribution is 2.24. The molecule has 1 aliphatic heterocycles. The molecule has 1 unspecified atom stereocenters. The van der Waals surface area contributed by atoms with Gasteiger partial charge in [-0.25, -0.2) is 22.8 Å². The molecular formula is C25H25FN6O3S. The largest absolute Gasteiger partial charge is 0.368 e. The molecule has 1 aliphatic rings. The van der Waals surface area contributed by atoms with Crippen molar-refractivity contribution in [3.8, 4) is 0 Å². The molecule has 2 aromatic carbocycles. The molecule has 1 saturated heterocycles. The number of carbonyl (C=O) groups excluding carboxylic acids is 1. The topological polar surface area (TPSA) is 100 Å². The van der Waals surface area contributed by atoms with E-state index in [1.807, 2.05) is 28.7 Å². The van der Waals surface area contributed by atoms with Crippen molar-refractivity contribution in [3.63, 3.8) is 0 Å². The number of hydrogen-bond donors (Lipinski definition) is 1. The maximum atomic E-state index is 13.7. The average Bonchev–Trinajstić information content (AvgIpc) is 3.31. The van der Waals surface area contributed by atoms with Crippen molar-refractivity contribution in [2.75, 3.05) is 35.8 Å². The smallest absolute Gasteiger partial charge is 0.263 e. The number of benzene rings is 2. The molecule has 0 bridgehead atoms. The molecule has 11 heteroatoms. The average molecular weight is 509 g/mol. The lowest BCUT2D eigenvalue weighted by Crippen LogP contribution is -2.50. The Hall–Kier alpha value is -3.99. The van der Waals surface area contributed by atoms with Crippen LogP contribution in [0.3, 0.4) is 0 Å². The lowest BCUT2D eigenvalue weighted by molar-refractivity contribution is -0.134. The SMILES string of the molecule is CC(C(=O)N1CCN(c2ccc(S(=O)(=O)Nc3ccncn3)cc2)CC1)n1ccc2ccc(F)cc21. The van der Waals surface area contributed by atoms with Gasteiger partial charge in [0.25, 0.3) is 10.0 Å². The van der Waals surface area contributed by atoms with E-state index >= 15 is 0 Å². The van der Waals surface area contributed by atoms with E-state index in [1.54, 1.807) is 30.3 Å². The third-order valence-corrected chi connectivity index (χ3v) is 7.76. The van der Waals surface area contributed by atoms with Gasteiger partial charge in [0.05, 0.1) is 10.4 Å². The van der Waals surface area contributed by atoms with Gasteiger partial charge in [0.1, 0.15) is 24.0 Å². The number of aromatic nitrogens is 3. The number of nitrogens with one attached hydrogen (secondary N) is 1. The van der Waals surface area contributed by atoms with Crippen LogP contribution in [0.2, 0.25) is 0 Å². The molecule has 1 N–H and O–H groups in total. The number of piperazine rings is 1. The van der Waals surface area contributed by atoms with Gasteiger partial charge >= 0.3 is 0 Å². The number of fused-ring (bicyclic) bond motifs is 1. The second-order valence-corrected chi connectivity index (χ2v) is 10.3. The second kappa shape index (κ2) is 9.57. The van der Waals surface area contributed by atoms with Crippen molar-refractivity contribution in [3.05, 3.63) is 79.1 Å². The molecule has 5 rings (SSSR count). The molecule has 0 radical (unpaired) electrons. The van der Waals surface area contributed by atoms with E-state index < -0.39 is 16.1 Å². The fraction of sp³-hybridized carbons (Fsp3) is 0.240. The first-order valence-corrected chi connectivity index (χ1v) is 13.0. The maximum Gasteiger partial charge on any atom is 0.263 e. The van der Waals surface area contributed by atoms with Gasteiger partial charge in [0.15, 0.2) is 0 Å². The lowest BCUT2D eigenvalue weighted by atomic mass is 10.2. The Kier molecular flexibility index (Phi) is 6.31. The number of amides is 1. The number of hydrogen-bond acceptors (Lipinski definition) is 6. The van der Waals surface area contributed by atoms with Gasteiger partial charge in [0.2, 0.25) is 5.91 Å². The summed E-state index contributed by atoms with van der Waals surface area (Å²) >= 11 is 0. The standard InChI is InChI=1S/C25H25FN6O3S/c1-18(32-11-9-19-2-3-20(26)16-23(19)32)25(33)31-14-12-30(13-15-31)21-4-6-22(7-5-21)36(34,35)29-24-8-10-27-17-28-24/h2-11,16-18H,12-15H2,1H3,(H,27,28,29). The van der Waals surface area contributed by atoms with E-state index in [9.17, 15) is 17.6 Å². The van der Waals surface area contributed by atoms with Gasteiger partial charge in [-0.3, -0.25) is 9.52 Å². The fourth-order valence-corrected chi connectivity index (χ4v) is 5.42. The quantitative estimate of drug-likeness (QED) is 0.429. The van der Waals surface area contributed by atoms with E-state index in [0.29, 0.717) is 31.7 Å². The van der Waals surface area contributed by atoms with Gasteiger partial charge in [-0.05, 0) is 66.9 Å². The van der Waals surface area contributed by atoms with Crippen LogP contribution in [0.4, 0.5) is 15.9 Å². The second-order valence-electron chi connectivity index (χ2n) is 8.61. The summed E-state index contributed by atoms with van der Waals surface area (Å²) in [4.78, 5) is 24.9. The van der Waals surface area contributed by atoms with Gasteiger partial charge < -0.3 is 14.4 Å². The van der Waals surface area contributed by atoms with E-state index in [-0.39, 0.29) is 22.4 Å². The summed E-state index contributed by atoms with van der Waals surface area (Å²) in [6.45, 7) is 4.13. The first-order chi connectivity index (χ1) is 17.3. The highest BCUT2D eigenvalue weighted by atomic mass is 32.2. The summed E-state index contributed by atoms with van der Waals surface area (Å²) in [7, 11) is -3.77. The first kappa shape index (κ1) is 23.7. The number of rotatable bonds is 6. The van der Waals surface area contributed by atoms with E-state index in [0.717, 1.165) is 11.1 Å². The molecular weight excluding hydrogens is 483 g/mol. The zero-order chi connectivity index (χ0) is 25.3. The van der Waals surface area contributed by atoms with Crippen molar-refractivity contribution in [1.29, 1.82) is 0 Å². The van der Waals surface area contributed by atoms with Gasteiger partial charge in [-0.2, -0.15) is 0 Å². The van der Waals surface area contributed by atoms with Gasteiger partial charge in [0, 0.05) is 44.3 Å². The third-order valence-electron chi connectivity index (χ3n) is 6.38. The van der Waals surface area contributed by atoms with Gasteiger partial charge in [-0.15, -0.1) is 0 Å². The molecule has 9 nitrogen and oxygen atoms in total. The molecule has 36 heavy (non-hydrogen) atoms. The minimum atomic E-state index is -3.77. The van der Waals surface area contributed by atoms with E-state index in [2.05, 4.69) is 19.6 Å². The highest BCUT2D eigenvalue weighted by Gasteiger charge is 2.27.